The fourth-order valence-corrected chi connectivity index (χ4v) is 1.79. The van der Waals surface area contributed by atoms with Crippen LogP contribution in [0, 0.1) is 0 Å². The van der Waals surface area contributed by atoms with Gasteiger partial charge in [-0.1, -0.05) is 17.3 Å². The summed E-state index contributed by atoms with van der Waals surface area (Å²) >= 11 is 0. The van der Waals surface area contributed by atoms with Gasteiger partial charge in [0.2, 0.25) is 0 Å². The van der Waals surface area contributed by atoms with Crippen LogP contribution in [0.2, 0.25) is 0 Å². The van der Waals surface area contributed by atoms with Gasteiger partial charge in [0.05, 0.1) is 24.6 Å². The van der Waals surface area contributed by atoms with E-state index in [2.05, 4.69) is 15.5 Å². The summed E-state index contributed by atoms with van der Waals surface area (Å²) < 4.78 is 5.09. The van der Waals surface area contributed by atoms with Crippen LogP contribution in [0.25, 0.3) is 0 Å². The molecule has 21 heavy (non-hydrogen) atoms. The molecule has 108 valence electrons. The zero-order valence-corrected chi connectivity index (χ0v) is 11.3. The number of carbonyl (C=O) groups is 1. The maximum atomic E-state index is 12.3. The minimum Gasteiger partial charge on any atom is -0.494 e. The van der Waals surface area contributed by atoms with Gasteiger partial charge in [-0.25, -0.2) is 0 Å². The zero-order chi connectivity index (χ0) is 15.2. The molecule has 1 heterocycles. The molecule has 0 saturated heterocycles. The van der Waals surface area contributed by atoms with Crippen LogP contribution in [-0.4, -0.2) is 29.0 Å². The summed E-state index contributed by atoms with van der Waals surface area (Å²) in [4.78, 5) is 16.2. The molecule has 1 amide bonds. The van der Waals surface area contributed by atoms with E-state index in [9.17, 15) is 4.79 Å². The van der Waals surface area contributed by atoms with Crippen molar-refractivity contribution in [2.45, 2.75) is 0 Å². The van der Waals surface area contributed by atoms with Gasteiger partial charge in [0.1, 0.15) is 5.75 Å². The number of oxime groups is 1. The summed E-state index contributed by atoms with van der Waals surface area (Å²) in [7, 11) is 1.46. The number of rotatable bonds is 4. The first-order valence-electron chi connectivity index (χ1n) is 6.03. The topological polar surface area (TPSA) is 110 Å². The van der Waals surface area contributed by atoms with Gasteiger partial charge >= 0.3 is 0 Å². The van der Waals surface area contributed by atoms with Gasteiger partial charge in [-0.05, 0) is 18.2 Å². The van der Waals surface area contributed by atoms with Crippen molar-refractivity contribution in [1.29, 1.82) is 0 Å². The van der Waals surface area contributed by atoms with Crippen LogP contribution in [-0.2, 0) is 0 Å². The molecule has 0 spiro atoms. The Morgan fingerprint density at radius 2 is 2.10 bits per heavy atom. The number of nitrogens with two attached hydrogens (primary N) is 1. The number of pyridine rings is 1. The molecule has 0 aliphatic rings. The van der Waals surface area contributed by atoms with Crippen LogP contribution in [0.5, 0.6) is 5.75 Å². The Bertz CT molecular complexity index is 685. The number of hydrogen-bond donors (Lipinski definition) is 3. The smallest absolute Gasteiger partial charge is 0.259 e. The molecular weight excluding hydrogens is 272 g/mol. The van der Waals surface area contributed by atoms with Crippen molar-refractivity contribution in [2.75, 3.05) is 12.4 Å². The number of nitrogens with zero attached hydrogens (tertiary/aromatic N) is 2. The lowest BCUT2D eigenvalue weighted by molar-refractivity contribution is 0.102. The quantitative estimate of drug-likeness (QED) is 0.341. The standard InChI is InChI=1S/C14H14N4O3/c1-21-12-8-16-7-6-10(12)14(19)17-11-5-3-2-4-9(11)13(15)18-20/h2-8,20H,1H3,(H2,15,18)(H,17,19). The van der Waals surface area contributed by atoms with Crippen LogP contribution in [0.4, 0.5) is 5.69 Å². The summed E-state index contributed by atoms with van der Waals surface area (Å²) in [6.45, 7) is 0. The molecule has 0 unspecified atom stereocenters. The van der Waals surface area contributed by atoms with Gasteiger partial charge in [0.25, 0.3) is 5.91 Å². The van der Waals surface area contributed by atoms with Crippen molar-refractivity contribution >= 4 is 17.4 Å². The molecule has 0 aliphatic heterocycles. The first-order valence-corrected chi connectivity index (χ1v) is 6.03. The molecule has 0 saturated carbocycles. The molecule has 1 aromatic heterocycles. The maximum absolute atomic E-state index is 12.3. The number of para-hydroxylation sites is 1. The van der Waals surface area contributed by atoms with Crippen LogP contribution in [0.1, 0.15) is 15.9 Å². The molecule has 1 aromatic carbocycles. The van der Waals surface area contributed by atoms with Crippen molar-refractivity contribution in [3.05, 3.63) is 53.9 Å². The summed E-state index contributed by atoms with van der Waals surface area (Å²) in [5, 5.41) is 14.4. The van der Waals surface area contributed by atoms with E-state index in [4.69, 9.17) is 15.7 Å². The number of amidine groups is 1. The maximum Gasteiger partial charge on any atom is 0.259 e. The lowest BCUT2D eigenvalue weighted by Gasteiger charge is -2.11. The Morgan fingerprint density at radius 1 is 1.33 bits per heavy atom. The Hall–Kier alpha value is -3.09. The van der Waals surface area contributed by atoms with Crippen molar-refractivity contribution < 1.29 is 14.7 Å². The number of nitrogens with one attached hydrogen (secondary N) is 1. The van der Waals surface area contributed by atoms with E-state index in [1.165, 1.54) is 19.5 Å². The normalized spacial score (nSPS) is 11.0. The van der Waals surface area contributed by atoms with Crippen molar-refractivity contribution in [2.24, 2.45) is 10.9 Å². The highest BCUT2D eigenvalue weighted by molar-refractivity contribution is 6.10. The predicted molar refractivity (Wildman–Crippen MR) is 77.7 cm³/mol. The molecule has 0 fully saturated rings. The van der Waals surface area contributed by atoms with Gasteiger partial charge in [-0.3, -0.25) is 9.78 Å². The highest BCUT2D eigenvalue weighted by atomic mass is 16.5. The van der Waals surface area contributed by atoms with Crippen molar-refractivity contribution in [3.63, 3.8) is 0 Å². The molecule has 0 atom stereocenters. The van der Waals surface area contributed by atoms with Crippen LogP contribution in [0.15, 0.2) is 47.9 Å². The first-order chi connectivity index (χ1) is 10.2. The molecule has 7 nitrogen and oxygen atoms in total. The SMILES string of the molecule is COc1cnccc1C(=O)Nc1ccccc1/C(N)=N/O. The second-order valence-electron chi connectivity index (χ2n) is 4.06. The Balaban J connectivity index is 2.32. The summed E-state index contributed by atoms with van der Waals surface area (Å²) in [6.07, 6.45) is 2.94. The number of carbonyl (C=O) groups excluding carboxylic acids is 1. The molecule has 0 bridgehead atoms. The Kier molecular flexibility index (Phi) is 4.35. The molecule has 7 heteroatoms. The second kappa shape index (κ2) is 6.38. The largest absolute Gasteiger partial charge is 0.494 e. The van der Waals surface area contributed by atoms with Crippen LogP contribution in [0.3, 0.4) is 0 Å². The van der Waals surface area contributed by atoms with Crippen LogP contribution < -0.4 is 15.8 Å². The van der Waals surface area contributed by atoms with E-state index in [0.717, 1.165) is 0 Å². The van der Waals surface area contributed by atoms with Gasteiger partial charge < -0.3 is 21.0 Å². The number of ether oxygens (including phenoxy) is 1. The average molecular weight is 286 g/mol. The van der Waals surface area contributed by atoms with E-state index in [1.807, 2.05) is 0 Å². The fourth-order valence-electron chi connectivity index (χ4n) is 1.79. The van der Waals surface area contributed by atoms with Gasteiger partial charge in [0.15, 0.2) is 5.84 Å². The summed E-state index contributed by atoms with van der Waals surface area (Å²) in [5.74, 6) is -0.115. The Morgan fingerprint density at radius 3 is 2.81 bits per heavy atom. The van der Waals surface area contributed by atoms with E-state index < -0.39 is 0 Å². The van der Waals surface area contributed by atoms with E-state index in [-0.39, 0.29) is 11.7 Å². The van der Waals surface area contributed by atoms with E-state index >= 15 is 0 Å². The number of methoxy groups -OCH3 is 1. The lowest BCUT2D eigenvalue weighted by atomic mass is 10.1. The Labute approximate surface area is 121 Å². The minimum absolute atomic E-state index is 0.0902. The molecular formula is C14H14N4O3. The van der Waals surface area contributed by atoms with Crippen molar-refractivity contribution in [1.82, 2.24) is 4.98 Å². The number of anilines is 1. The second-order valence-corrected chi connectivity index (χ2v) is 4.06. The third kappa shape index (κ3) is 3.08. The first kappa shape index (κ1) is 14.3. The monoisotopic (exact) mass is 286 g/mol. The third-order valence-electron chi connectivity index (χ3n) is 2.81. The lowest BCUT2D eigenvalue weighted by Crippen LogP contribution is -2.19. The van der Waals surface area contributed by atoms with Crippen molar-refractivity contribution in [3.8, 4) is 5.75 Å². The number of benzene rings is 1. The van der Waals surface area contributed by atoms with Gasteiger partial charge in [-0.15, -0.1) is 0 Å². The average Bonchev–Trinajstić information content (AvgIpc) is 2.54. The highest BCUT2D eigenvalue weighted by Crippen LogP contribution is 2.20. The summed E-state index contributed by atoms with van der Waals surface area (Å²) in [6, 6.07) is 8.28. The number of hydrogen-bond acceptors (Lipinski definition) is 5. The zero-order valence-electron chi connectivity index (χ0n) is 11.3. The number of amides is 1. The predicted octanol–water partition coefficient (Wildman–Crippen LogP) is 1.44. The third-order valence-corrected chi connectivity index (χ3v) is 2.81. The van der Waals surface area contributed by atoms with E-state index in [1.54, 1.807) is 30.3 Å². The van der Waals surface area contributed by atoms with Crippen LogP contribution >= 0.6 is 0 Å². The fraction of sp³-hybridized carbons (Fsp3) is 0.0714. The molecule has 0 radical (unpaired) electrons. The minimum atomic E-state index is -0.382. The highest BCUT2D eigenvalue weighted by Gasteiger charge is 2.14. The molecule has 2 rings (SSSR count). The summed E-state index contributed by atoms with van der Waals surface area (Å²) in [5.41, 5.74) is 6.76. The molecule has 2 aromatic rings. The van der Waals surface area contributed by atoms with Gasteiger partial charge in [-0.2, -0.15) is 0 Å². The van der Waals surface area contributed by atoms with Gasteiger partial charge in [0, 0.05) is 11.8 Å². The molecule has 0 aliphatic carbocycles. The number of aromatic nitrogens is 1. The van der Waals surface area contributed by atoms with E-state index in [0.29, 0.717) is 22.6 Å². The molecule has 4 N–H and O–H groups in total.